The summed E-state index contributed by atoms with van der Waals surface area (Å²) in [6, 6.07) is 14.5. The molecule has 0 aliphatic rings. The summed E-state index contributed by atoms with van der Waals surface area (Å²) in [5, 5.41) is 25.3. The number of thiophene rings is 1. The number of hydrogen-bond donors (Lipinski definition) is 3. The quantitative estimate of drug-likeness (QED) is 0.331. The van der Waals surface area contributed by atoms with Gasteiger partial charge in [0.15, 0.2) is 0 Å². The van der Waals surface area contributed by atoms with Crippen molar-refractivity contribution < 1.29 is 23.2 Å². The summed E-state index contributed by atoms with van der Waals surface area (Å²) in [5.41, 5.74) is 0.417. The second kappa shape index (κ2) is 9.79. The van der Waals surface area contributed by atoms with Crippen LogP contribution in [0, 0.1) is 10.1 Å². The zero-order valence-corrected chi connectivity index (χ0v) is 17.7. The SMILES string of the molecule is O=C(NCC(O)c1ccc([N+](=O)[O-])cc1)c1cccc(S(=O)(=O)NCc2cccs2)c1. The number of carbonyl (C=O) groups excluding carboxylic acids is 1. The highest BCUT2D eigenvalue weighted by molar-refractivity contribution is 7.89. The number of aliphatic hydroxyl groups is 1. The molecule has 1 unspecified atom stereocenters. The standard InChI is InChI=1S/C20H19N3O6S2/c24-19(14-6-8-16(9-7-14)23(26)27)13-21-20(25)15-3-1-5-18(11-15)31(28,29)22-12-17-4-2-10-30-17/h1-11,19,22,24H,12-13H2,(H,21,25). The van der Waals surface area contributed by atoms with E-state index in [0.29, 0.717) is 5.56 Å². The fourth-order valence-corrected chi connectivity index (χ4v) is 4.48. The third kappa shape index (κ3) is 5.95. The Bertz CT molecular complexity index is 1160. The van der Waals surface area contributed by atoms with Crippen molar-refractivity contribution in [2.24, 2.45) is 0 Å². The molecule has 0 spiro atoms. The summed E-state index contributed by atoms with van der Waals surface area (Å²) in [6.45, 7) is 0.00209. The van der Waals surface area contributed by atoms with Gasteiger partial charge in [0, 0.05) is 35.7 Å². The summed E-state index contributed by atoms with van der Waals surface area (Å²) in [7, 11) is -3.81. The predicted molar refractivity (Wildman–Crippen MR) is 115 cm³/mol. The number of sulfonamides is 1. The lowest BCUT2D eigenvalue weighted by molar-refractivity contribution is -0.384. The van der Waals surface area contributed by atoms with Gasteiger partial charge >= 0.3 is 0 Å². The third-order valence-corrected chi connectivity index (χ3v) is 6.64. The van der Waals surface area contributed by atoms with E-state index in [2.05, 4.69) is 10.0 Å². The summed E-state index contributed by atoms with van der Waals surface area (Å²) < 4.78 is 27.5. The number of non-ortho nitro benzene ring substituents is 1. The minimum absolute atomic E-state index is 0.0485. The molecule has 31 heavy (non-hydrogen) atoms. The lowest BCUT2D eigenvalue weighted by Crippen LogP contribution is -2.29. The van der Waals surface area contributed by atoms with Crippen molar-refractivity contribution in [1.29, 1.82) is 0 Å². The summed E-state index contributed by atoms with van der Waals surface area (Å²) in [4.78, 5) is 23.4. The zero-order valence-electron chi connectivity index (χ0n) is 16.1. The Morgan fingerprint density at radius 3 is 2.52 bits per heavy atom. The van der Waals surface area contributed by atoms with Crippen LogP contribution in [0.3, 0.4) is 0 Å². The molecule has 1 atom stereocenters. The molecule has 1 heterocycles. The van der Waals surface area contributed by atoms with Crippen molar-refractivity contribution in [3.8, 4) is 0 Å². The molecule has 0 aliphatic carbocycles. The Kier molecular flexibility index (Phi) is 7.13. The van der Waals surface area contributed by atoms with Gasteiger partial charge in [0.1, 0.15) is 0 Å². The van der Waals surface area contributed by atoms with Crippen molar-refractivity contribution >= 4 is 33.0 Å². The molecule has 1 aromatic heterocycles. The number of nitrogens with zero attached hydrogens (tertiary/aromatic N) is 1. The Balaban J connectivity index is 1.62. The maximum atomic E-state index is 12.5. The van der Waals surface area contributed by atoms with Crippen LogP contribution in [0.1, 0.15) is 26.9 Å². The number of nitro groups is 1. The number of benzene rings is 2. The molecule has 9 nitrogen and oxygen atoms in total. The molecule has 1 amide bonds. The minimum Gasteiger partial charge on any atom is -0.387 e. The number of hydrogen-bond acceptors (Lipinski definition) is 7. The van der Waals surface area contributed by atoms with E-state index in [-0.39, 0.29) is 29.2 Å². The smallest absolute Gasteiger partial charge is 0.269 e. The molecular weight excluding hydrogens is 442 g/mol. The Morgan fingerprint density at radius 2 is 1.87 bits per heavy atom. The molecular formula is C20H19N3O6S2. The number of carbonyl (C=O) groups is 1. The highest BCUT2D eigenvalue weighted by atomic mass is 32.2. The monoisotopic (exact) mass is 461 g/mol. The molecule has 0 saturated heterocycles. The minimum atomic E-state index is -3.81. The number of amides is 1. The van der Waals surface area contributed by atoms with Crippen molar-refractivity contribution in [2.75, 3.05) is 6.54 Å². The highest BCUT2D eigenvalue weighted by Gasteiger charge is 2.17. The molecule has 3 rings (SSSR count). The lowest BCUT2D eigenvalue weighted by Gasteiger charge is -2.13. The van der Waals surface area contributed by atoms with Crippen LogP contribution in [-0.2, 0) is 16.6 Å². The fraction of sp³-hybridized carbons (Fsp3) is 0.150. The molecule has 0 saturated carbocycles. The van der Waals surface area contributed by atoms with Crippen molar-refractivity contribution in [2.45, 2.75) is 17.5 Å². The van der Waals surface area contributed by atoms with Gasteiger partial charge in [0.25, 0.3) is 11.6 Å². The van der Waals surface area contributed by atoms with Gasteiger partial charge in [-0.05, 0) is 47.3 Å². The first-order valence-corrected chi connectivity index (χ1v) is 11.5. The first-order chi connectivity index (χ1) is 14.8. The Morgan fingerprint density at radius 1 is 1.13 bits per heavy atom. The molecule has 0 bridgehead atoms. The molecule has 0 radical (unpaired) electrons. The van der Waals surface area contributed by atoms with Gasteiger partial charge in [-0.2, -0.15) is 0 Å². The van der Waals surface area contributed by atoms with Crippen molar-refractivity contribution in [3.63, 3.8) is 0 Å². The maximum Gasteiger partial charge on any atom is 0.269 e. The third-order valence-electron chi connectivity index (χ3n) is 4.37. The highest BCUT2D eigenvalue weighted by Crippen LogP contribution is 2.18. The normalized spacial score (nSPS) is 12.3. The molecule has 162 valence electrons. The topological polar surface area (TPSA) is 139 Å². The van der Waals surface area contributed by atoms with Gasteiger partial charge in [0.2, 0.25) is 10.0 Å². The van der Waals surface area contributed by atoms with E-state index in [0.717, 1.165) is 4.88 Å². The van der Waals surface area contributed by atoms with Crippen LogP contribution in [-0.4, -0.2) is 30.9 Å². The lowest BCUT2D eigenvalue weighted by atomic mass is 10.1. The van der Waals surface area contributed by atoms with Crippen molar-refractivity contribution in [3.05, 3.63) is 92.2 Å². The molecule has 3 N–H and O–H groups in total. The van der Waals surface area contributed by atoms with Gasteiger partial charge in [-0.3, -0.25) is 14.9 Å². The molecule has 2 aromatic carbocycles. The summed E-state index contributed by atoms with van der Waals surface area (Å²) in [6.07, 6.45) is -1.08. The van der Waals surface area contributed by atoms with E-state index in [1.54, 1.807) is 0 Å². The Labute approximate surface area is 182 Å². The number of aliphatic hydroxyl groups excluding tert-OH is 1. The van der Waals surface area contributed by atoms with Gasteiger partial charge in [0.05, 0.1) is 15.9 Å². The number of rotatable bonds is 9. The van der Waals surface area contributed by atoms with Crippen LogP contribution >= 0.6 is 11.3 Å². The van der Waals surface area contributed by atoms with Crippen LogP contribution in [0.4, 0.5) is 5.69 Å². The molecule has 0 fully saturated rings. The number of nitro benzene ring substituents is 1. The molecule has 11 heteroatoms. The van der Waals surface area contributed by atoms with Crippen LogP contribution in [0.5, 0.6) is 0 Å². The average molecular weight is 462 g/mol. The first kappa shape index (κ1) is 22.6. The fourth-order valence-electron chi connectivity index (χ4n) is 2.69. The Hall–Kier alpha value is -3.12. The van der Waals surface area contributed by atoms with E-state index < -0.39 is 27.0 Å². The van der Waals surface area contributed by atoms with Crippen LogP contribution in [0.15, 0.2) is 70.9 Å². The van der Waals surface area contributed by atoms with E-state index in [1.807, 2.05) is 17.5 Å². The summed E-state index contributed by atoms with van der Waals surface area (Å²) >= 11 is 1.43. The molecule has 3 aromatic rings. The van der Waals surface area contributed by atoms with Crippen molar-refractivity contribution in [1.82, 2.24) is 10.0 Å². The van der Waals surface area contributed by atoms with Gasteiger partial charge in [-0.1, -0.05) is 12.1 Å². The van der Waals surface area contributed by atoms with Crippen LogP contribution in [0.2, 0.25) is 0 Å². The summed E-state index contributed by atoms with van der Waals surface area (Å²) in [5.74, 6) is -0.559. The zero-order chi connectivity index (χ0) is 22.4. The van der Waals surface area contributed by atoms with Crippen LogP contribution in [0.25, 0.3) is 0 Å². The largest absolute Gasteiger partial charge is 0.387 e. The average Bonchev–Trinajstić information content (AvgIpc) is 3.30. The van der Waals surface area contributed by atoms with E-state index in [9.17, 15) is 28.4 Å². The van der Waals surface area contributed by atoms with Gasteiger partial charge in [-0.15, -0.1) is 11.3 Å². The van der Waals surface area contributed by atoms with Gasteiger partial charge in [-0.25, -0.2) is 13.1 Å². The van der Waals surface area contributed by atoms with E-state index in [1.165, 1.54) is 59.9 Å². The second-order valence-electron chi connectivity index (χ2n) is 6.51. The molecule has 0 aliphatic heterocycles. The van der Waals surface area contributed by atoms with E-state index in [4.69, 9.17) is 0 Å². The second-order valence-corrected chi connectivity index (χ2v) is 9.31. The maximum absolute atomic E-state index is 12.5. The number of nitrogens with one attached hydrogen (secondary N) is 2. The van der Waals surface area contributed by atoms with E-state index >= 15 is 0 Å². The predicted octanol–water partition coefficient (Wildman–Crippen LogP) is 2.60. The van der Waals surface area contributed by atoms with Gasteiger partial charge < -0.3 is 10.4 Å². The first-order valence-electron chi connectivity index (χ1n) is 9.09. The van der Waals surface area contributed by atoms with Crippen LogP contribution < -0.4 is 10.0 Å².